The van der Waals surface area contributed by atoms with Crippen molar-refractivity contribution in [3.8, 4) is 0 Å². The molecular weight excluding hydrogens is 872 g/mol. The number of hydrogen-bond acceptors (Lipinski definition) is 12. The predicted molar refractivity (Wildman–Crippen MR) is 242 cm³/mol. The number of rotatable bonds is 7. The summed E-state index contributed by atoms with van der Waals surface area (Å²) in [4.78, 5) is 96.3. The monoisotopic (exact) mass is 928 g/mol. The second kappa shape index (κ2) is 23.6. The van der Waals surface area contributed by atoms with Crippen molar-refractivity contribution in [2.24, 2.45) is 0 Å². The van der Waals surface area contributed by atoms with Crippen LogP contribution in [-0.4, -0.2) is 127 Å². The van der Waals surface area contributed by atoms with Gasteiger partial charge in [0, 0.05) is 61.7 Å². The van der Waals surface area contributed by atoms with E-state index in [1.165, 1.54) is 17.3 Å². The minimum Gasteiger partial charge on any atom is -0.483 e. The van der Waals surface area contributed by atoms with Crippen molar-refractivity contribution >= 4 is 60.6 Å². The van der Waals surface area contributed by atoms with Crippen LogP contribution in [0.1, 0.15) is 130 Å². The molecule has 2 aromatic carbocycles. The highest BCUT2D eigenvalue weighted by molar-refractivity contribution is 6.06. The highest BCUT2D eigenvalue weighted by Gasteiger charge is 2.41. The molecule has 6 N–H and O–H groups in total. The zero-order chi connectivity index (χ0) is 45.2. The molecule has 0 aliphatic carbocycles. The van der Waals surface area contributed by atoms with Gasteiger partial charge in [0.2, 0.25) is 23.6 Å². The third kappa shape index (κ3) is 12.0. The van der Waals surface area contributed by atoms with Crippen LogP contribution in [0.15, 0.2) is 60.9 Å². The molecule has 10 rings (SSSR count). The lowest BCUT2D eigenvalue weighted by Gasteiger charge is -2.32. The summed E-state index contributed by atoms with van der Waals surface area (Å²) < 4.78 is 0. The number of imide groups is 2. The molecule has 0 saturated carbocycles. The molecule has 0 spiro atoms. The number of likely N-dealkylation sites (tertiary alicyclic amines) is 1. The highest BCUT2D eigenvalue weighted by Crippen LogP contribution is 2.35. The lowest BCUT2D eigenvalue weighted by molar-refractivity contribution is -0.138. The molecular formula is C46H57ClN10O9. The number of aldehydes is 1. The van der Waals surface area contributed by atoms with E-state index in [1.54, 1.807) is 22.1 Å². The number of carbonyl (C=O) groups is 8. The molecule has 4 aromatic rings. The lowest BCUT2D eigenvalue weighted by Crippen LogP contribution is -2.52. The van der Waals surface area contributed by atoms with Gasteiger partial charge in [-0.3, -0.25) is 64.1 Å². The van der Waals surface area contributed by atoms with Crippen LogP contribution in [0.3, 0.4) is 0 Å². The Morgan fingerprint density at radius 3 is 1.56 bits per heavy atom. The highest BCUT2D eigenvalue weighted by atomic mass is 35.5. The molecule has 4 saturated heterocycles. The molecule has 0 radical (unpaired) electrons. The predicted octanol–water partition coefficient (Wildman–Crippen LogP) is 3.45. The maximum atomic E-state index is 12.9. The number of piperidine rings is 4. The summed E-state index contributed by atoms with van der Waals surface area (Å²) in [5.74, 6) is -0.431. The fourth-order valence-electron chi connectivity index (χ4n) is 9.22. The van der Waals surface area contributed by atoms with Gasteiger partial charge in [0.15, 0.2) is 6.29 Å². The minimum atomic E-state index is -0.559. The van der Waals surface area contributed by atoms with E-state index in [2.05, 4.69) is 65.5 Å². The van der Waals surface area contributed by atoms with Crippen molar-refractivity contribution in [3.05, 3.63) is 106 Å². The Labute approximate surface area is 388 Å². The molecule has 6 aliphatic rings. The van der Waals surface area contributed by atoms with Crippen molar-refractivity contribution in [1.82, 2.24) is 51.0 Å². The number of aromatic nitrogens is 4. The SMILES string of the molecule is C.Cl.O=C1CCC(N2Cc3cc(C4CCN(Cc5ccn[nH]5)CC4)ccc3C2=O)C(=O)N1.O=C1CCC(N2Cc3cc(C4CCNCC4)ccc3C2=O)C(=O)N1.O=CO.O=Cc1ccn[nH]1. The van der Waals surface area contributed by atoms with Crippen molar-refractivity contribution in [1.29, 1.82) is 0 Å². The van der Waals surface area contributed by atoms with E-state index in [-0.39, 0.29) is 74.6 Å². The van der Waals surface area contributed by atoms with Crippen LogP contribution in [0, 0.1) is 0 Å². The van der Waals surface area contributed by atoms with Gasteiger partial charge in [0.25, 0.3) is 18.3 Å². The van der Waals surface area contributed by atoms with Gasteiger partial charge in [0.1, 0.15) is 12.1 Å². The molecule has 6 aliphatic heterocycles. The number of fused-ring (bicyclic) bond motifs is 2. The van der Waals surface area contributed by atoms with E-state index < -0.39 is 12.1 Å². The second-order valence-corrected chi connectivity index (χ2v) is 16.5. The molecule has 19 nitrogen and oxygen atoms in total. The Kier molecular flexibility index (Phi) is 18.0. The van der Waals surface area contributed by atoms with E-state index in [1.807, 2.05) is 18.2 Å². The third-order valence-electron chi connectivity index (χ3n) is 12.6. The van der Waals surface area contributed by atoms with Crippen LogP contribution in [-0.2, 0) is 43.6 Å². The van der Waals surface area contributed by atoms with Crippen molar-refractivity contribution < 1.29 is 43.5 Å². The van der Waals surface area contributed by atoms with Gasteiger partial charge in [-0.05, 0) is 123 Å². The summed E-state index contributed by atoms with van der Waals surface area (Å²) in [5, 5.41) is 28.0. The van der Waals surface area contributed by atoms with E-state index in [9.17, 15) is 33.6 Å². The fourth-order valence-corrected chi connectivity index (χ4v) is 9.22. The number of aromatic amines is 2. The van der Waals surface area contributed by atoms with Crippen LogP contribution >= 0.6 is 12.4 Å². The fraction of sp³-hybridized carbons (Fsp3) is 0.435. The first kappa shape index (κ1) is 50.4. The van der Waals surface area contributed by atoms with Crippen LogP contribution in [0.4, 0.5) is 0 Å². The number of carboxylic acid groups (broad SMARTS) is 1. The molecule has 352 valence electrons. The van der Waals surface area contributed by atoms with Crippen molar-refractivity contribution in [3.63, 3.8) is 0 Å². The van der Waals surface area contributed by atoms with Crippen LogP contribution in [0.2, 0.25) is 0 Å². The molecule has 6 amide bonds. The van der Waals surface area contributed by atoms with Gasteiger partial charge in [-0.1, -0.05) is 31.7 Å². The number of halogens is 1. The number of benzene rings is 2. The van der Waals surface area contributed by atoms with Crippen molar-refractivity contribution in [2.75, 3.05) is 26.2 Å². The number of nitrogens with one attached hydrogen (secondary N) is 5. The summed E-state index contributed by atoms with van der Waals surface area (Å²) in [6, 6.07) is 14.7. The third-order valence-corrected chi connectivity index (χ3v) is 12.6. The average Bonchev–Trinajstić information content (AvgIpc) is 4.14. The Morgan fingerprint density at radius 2 is 1.14 bits per heavy atom. The van der Waals surface area contributed by atoms with E-state index in [4.69, 9.17) is 9.90 Å². The van der Waals surface area contributed by atoms with Gasteiger partial charge in [-0.25, -0.2) is 0 Å². The Bertz CT molecular complexity index is 2350. The van der Waals surface area contributed by atoms with Crippen molar-refractivity contribution in [2.45, 2.75) is 102 Å². The molecule has 2 unspecified atom stereocenters. The summed E-state index contributed by atoms with van der Waals surface area (Å²) in [7, 11) is 0. The quantitative estimate of drug-likeness (QED) is 0.115. The number of hydrogen-bond donors (Lipinski definition) is 6. The van der Waals surface area contributed by atoms with Gasteiger partial charge >= 0.3 is 0 Å². The van der Waals surface area contributed by atoms with Gasteiger partial charge in [0.05, 0.1) is 5.69 Å². The van der Waals surface area contributed by atoms with Gasteiger partial charge in [-0.2, -0.15) is 10.2 Å². The summed E-state index contributed by atoms with van der Waals surface area (Å²) >= 11 is 0. The number of amides is 6. The molecule has 2 atom stereocenters. The van der Waals surface area contributed by atoms with Crippen LogP contribution < -0.4 is 16.0 Å². The summed E-state index contributed by atoms with van der Waals surface area (Å²) in [6.07, 6.45) is 9.79. The Hall–Kier alpha value is -6.57. The van der Waals surface area contributed by atoms with Crippen LogP contribution in [0.25, 0.3) is 0 Å². The van der Waals surface area contributed by atoms with Gasteiger partial charge in [-0.15, -0.1) is 12.4 Å². The number of H-pyrrole nitrogens is 2. The zero-order valence-corrected chi connectivity index (χ0v) is 36.5. The lowest BCUT2D eigenvalue weighted by atomic mass is 9.88. The maximum Gasteiger partial charge on any atom is 0.290 e. The zero-order valence-electron chi connectivity index (χ0n) is 35.7. The second-order valence-electron chi connectivity index (χ2n) is 16.5. The van der Waals surface area contributed by atoms with Gasteiger partial charge < -0.3 is 20.2 Å². The normalized spacial score (nSPS) is 20.6. The maximum absolute atomic E-state index is 12.9. The van der Waals surface area contributed by atoms with E-state index >= 15 is 0 Å². The number of nitrogens with zero attached hydrogens (tertiary/aromatic N) is 5. The molecule has 20 heteroatoms. The first-order valence-corrected chi connectivity index (χ1v) is 21.6. The summed E-state index contributed by atoms with van der Waals surface area (Å²) in [6.45, 7) is 5.66. The Morgan fingerprint density at radius 1 is 0.652 bits per heavy atom. The molecule has 0 bridgehead atoms. The van der Waals surface area contributed by atoms with E-state index in [0.29, 0.717) is 60.9 Å². The standard InChI is InChI=1S/C22H25N5O3.C18H21N3O3.C4H4N2O.CH2O2.CH4.ClH/c28-20-4-3-19(21(29)24-20)27-12-16-11-15(1-2-18(16)22(27)30)14-6-9-26(10-7-14)13-17-5-8-23-25-17;22-16-4-3-15(17(23)20-16)21-10-13-9-12(1-2-14(13)18(21)24)11-5-7-19-8-6-11;7-3-4-1-2-5-6-4;2-1-3;;/h1-2,5,8,11,14,19H,3-4,6-7,9-10,12-13H2,(H,23,25)(H,24,28,29);1-2,9,11,15,19H,3-8,10H2,(H,20,22,23);1-3H,(H,5,6);1H,(H,2,3);1H4;1H. The largest absolute Gasteiger partial charge is 0.483 e. The number of carbonyl (C=O) groups excluding carboxylic acids is 7. The molecule has 8 heterocycles. The Balaban J connectivity index is 0.000000203. The van der Waals surface area contributed by atoms with Crippen LogP contribution in [0.5, 0.6) is 0 Å². The first-order valence-electron chi connectivity index (χ1n) is 21.6. The molecule has 4 fully saturated rings. The molecule has 2 aromatic heterocycles. The molecule has 66 heavy (non-hydrogen) atoms. The average molecular weight is 929 g/mol. The van der Waals surface area contributed by atoms with E-state index in [0.717, 1.165) is 75.2 Å². The minimum absolute atomic E-state index is 0. The smallest absolute Gasteiger partial charge is 0.290 e. The summed E-state index contributed by atoms with van der Waals surface area (Å²) in [5.41, 5.74) is 7.57. The first-order chi connectivity index (χ1) is 31.1. The topological polar surface area (TPSA) is 260 Å².